The van der Waals surface area contributed by atoms with E-state index < -0.39 is 0 Å². The first kappa shape index (κ1) is 14.0. The van der Waals surface area contributed by atoms with Crippen LogP contribution in [-0.4, -0.2) is 21.4 Å². The van der Waals surface area contributed by atoms with Gasteiger partial charge in [-0.3, -0.25) is 0 Å². The summed E-state index contributed by atoms with van der Waals surface area (Å²) >= 11 is 0. The van der Waals surface area contributed by atoms with Crippen molar-refractivity contribution in [3.8, 4) is 0 Å². The quantitative estimate of drug-likeness (QED) is 0.941. The second kappa shape index (κ2) is 5.21. The molecule has 22 heavy (non-hydrogen) atoms. The van der Waals surface area contributed by atoms with Crippen LogP contribution >= 0.6 is 0 Å². The molecule has 4 rings (SSSR count). The van der Waals surface area contributed by atoms with Gasteiger partial charge in [0.2, 0.25) is 0 Å². The lowest BCUT2D eigenvalue weighted by Crippen LogP contribution is -2.33. The lowest BCUT2D eigenvalue weighted by molar-refractivity contribution is 0.0804. The fourth-order valence-corrected chi connectivity index (χ4v) is 3.56. The van der Waals surface area contributed by atoms with Crippen molar-refractivity contribution in [1.29, 1.82) is 0 Å². The first-order chi connectivity index (χ1) is 10.6. The number of rotatable bonds is 3. The summed E-state index contributed by atoms with van der Waals surface area (Å²) in [6.07, 6.45) is 3.91. The Bertz CT molecular complexity index is 673. The fourth-order valence-electron chi connectivity index (χ4n) is 3.56. The lowest BCUT2D eigenvalue weighted by atomic mass is 9.75. The predicted molar refractivity (Wildman–Crippen MR) is 80.1 cm³/mol. The molecule has 0 saturated carbocycles. The zero-order valence-corrected chi connectivity index (χ0v) is 13.1. The second-order valence-corrected chi connectivity index (χ2v) is 7.01. The van der Waals surface area contributed by atoms with Crippen LogP contribution in [0.3, 0.4) is 0 Å². The molecule has 0 amide bonds. The highest BCUT2D eigenvalue weighted by Gasteiger charge is 2.34. The molecule has 6 nitrogen and oxygen atoms in total. The topological polar surface area (TPSA) is 65.1 Å². The van der Waals surface area contributed by atoms with Gasteiger partial charge in [0, 0.05) is 24.6 Å². The first-order valence-electron chi connectivity index (χ1n) is 7.91. The molecule has 1 N–H and O–H groups in total. The van der Waals surface area contributed by atoms with E-state index >= 15 is 0 Å². The van der Waals surface area contributed by atoms with Crippen LogP contribution in [0.25, 0.3) is 0 Å². The van der Waals surface area contributed by atoms with E-state index in [1.54, 1.807) is 6.26 Å². The van der Waals surface area contributed by atoms with Crippen LogP contribution in [0, 0.1) is 5.41 Å². The minimum absolute atomic E-state index is 0.251. The van der Waals surface area contributed by atoms with Crippen molar-refractivity contribution < 1.29 is 9.15 Å². The molecule has 0 aromatic carbocycles. The third-order valence-electron chi connectivity index (χ3n) is 4.65. The van der Waals surface area contributed by atoms with Crippen LogP contribution in [0.2, 0.25) is 0 Å². The van der Waals surface area contributed by atoms with Crippen molar-refractivity contribution in [1.82, 2.24) is 20.1 Å². The van der Waals surface area contributed by atoms with Crippen LogP contribution in [0.4, 0.5) is 0 Å². The number of fused-ring (bicyclic) bond motifs is 2. The Hall–Kier alpha value is -1.66. The molecule has 6 heteroatoms. The molecule has 1 aliphatic carbocycles. The average molecular weight is 302 g/mol. The zero-order valence-electron chi connectivity index (χ0n) is 13.1. The Balaban J connectivity index is 1.51. The van der Waals surface area contributed by atoms with E-state index in [4.69, 9.17) is 9.15 Å². The van der Waals surface area contributed by atoms with Gasteiger partial charge < -0.3 is 19.0 Å². The zero-order chi connectivity index (χ0) is 15.2. The Kier molecular flexibility index (Phi) is 3.31. The molecule has 1 atom stereocenters. The van der Waals surface area contributed by atoms with E-state index in [9.17, 15) is 0 Å². The van der Waals surface area contributed by atoms with Crippen LogP contribution < -0.4 is 5.32 Å². The smallest absolute Gasteiger partial charge is 0.159 e. The van der Waals surface area contributed by atoms with Crippen molar-refractivity contribution in [3.63, 3.8) is 0 Å². The van der Waals surface area contributed by atoms with Gasteiger partial charge in [0.1, 0.15) is 18.2 Å². The molecule has 2 aromatic heterocycles. The summed E-state index contributed by atoms with van der Waals surface area (Å²) in [5, 5.41) is 12.2. The summed E-state index contributed by atoms with van der Waals surface area (Å²) in [5.41, 5.74) is 1.54. The van der Waals surface area contributed by atoms with Crippen molar-refractivity contribution in [3.05, 3.63) is 35.3 Å². The number of hydrogen-bond acceptors (Lipinski definition) is 5. The van der Waals surface area contributed by atoms with Crippen molar-refractivity contribution in [2.75, 3.05) is 6.61 Å². The fraction of sp³-hybridized carbons (Fsp3) is 0.625. The van der Waals surface area contributed by atoms with Crippen LogP contribution in [0.1, 0.15) is 49.3 Å². The molecule has 0 spiro atoms. The highest BCUT2D eigenvalue weighted by molar-refractivity contribution is 5.26. The molecule has 0 bridgehead atoms. The van der Waals surface area contributed by atoms with E-state index in [-0.39, 0.29) is 5.41 Å². The van der Waals surface area contributed by atoms with Gasteiger partial charge in [0.15, 0.2) is 5.82 Å². The largest absolute Gasteiger partial charge is 0.469 e. The van der Waals surface area contributed by atoms with E-state index in [0.29, 0.717) is 12.6 Å². The Morgan fingerprint density at radius 1 is 1.41 bits per heavy atom. The molecule has 0 radical (unpaired) electrons. The van der Waals surface area contributed by atoms with Gasteiger partial charge in [-0.1, -0.05) is 13.8 Å². The van der Waals surface area contributed by atoms with Gasteiger partial charge in [-0.2, -0.15) is 0 Å². The molecule has 1 aliphatic heterocycles. The SMILES string of the molecule is CC1(C)Cc2occc2C(NCc2nnc3n2CCOC3)C1. The number of nitrogens with zero attached hydrogens (tertiary/aromatic N) is 3. The van der Waals surface area contributed by atoms with Gasteiger partial charge in [-0.25, -0.2) is 0 Å². The standard InChI is InChI=1S/C16H22N4O2/c1-16(2)7-12(11-3-5-22-13(11)8-16)17-9-14-18-19-15-10-21-6-4-20(14)15/h3,5,12,17H,4,6-10H2,1-2H3. The maximum atomic E-state index is 5.66. The molecular formula is C16H22N4O2. The molecule has 2 aromatic rings. The summed E-state index contributed by atoms with van der Waals surface area (Å²) < 4.78 is 13.2. The van der Waals surface area contributed by atoms with Crippen molar-refractivity contribution in [2.45, 2.75) is 52.4 Å². The molecule has 1 unspecified atom stereocenters. The molecule has 3 heterocycles. The summed E-state index contributed by atoms with van der Waals surface area (Å²) in [7, 11) is 0. The Labute approximate surface area is 129 Å². The molecule has 118 valence electrons. The molecule has 0 fully saturated rings. The number of aromatic nitrogens is 3. The summed E-state index contributed by atoms with van der Waals surface area (Å²) in [5.74, 6) is 3.04. The molecule has 0 saturated heterocycles. The van der Waals surface area contributed by atoms with Crippen molar-refractivity contribution >= 4 is 0 Å². The van der Waals surface area contributed by atoms with E-state index in [1.165, 1.54) is 5.56 Å². The number of ether oxygens (including phenoxy) is 1. The predicted octanol–water partition coefficient (Wildman–Crippen LogP) is 2.20. The third kappa shape index (κ3) is 2.46. The lowest BCUT2D eigenvalue weighted by Gasteiger charge is -2.34. The second-order valence-electron chi connectivity index (χ2n) is 7.01. The Morgan fingerprint density at radius 3 is 3.23 bits per heavy atom. The number of hydrogen-bond donors (Lipinski definition) is 1. The first-order valence-corrected chi connectivity index (χ1v) is 7.91. The maximum Gasteiger partial charge on any atom is 0.159 e. The average Bonchev–Trinajstić information content (AvgIpc) is 3.10. The summed E-state index contributed by atoms with van der Waals surface area (Å²) in [4.78, 5) is 0. The maximum absolute atomic E-state index is 5.66. The van der Waals surface area contributed by atoms with E-state index in [2.05, 4.69) is 40.0 Å². The Morgan fingerprint density at radius 2 is 2.32 bits per heavy atom. The number of furan rings is 1. The highest BCUT2D eigenvalue weighted by atomic mass is 16.5. The molecular weight excluding hydrogens is 280 g/mol. The van der Waals surface area contributed by atoms with Crippen molar-refractivity contribution in [2.24, 2.45) is 5.41 Å². The van der Waals surface area contributed by atoms with E-state index in [0.717, 1.165) is 49.9 Å². The minimum atomic E-state index is 0.251. The normalized spacial score (nSPS) is 23.1. The molecule has 2 aliphatic rings. The van der Waals surface area contributed by atoms with Gasteiger partial charge in [-0.05, 0) is 17.9 Å². The van der Waals surface area contributed by atoms with Crippen LogP contribution in [0.5, 0.6) is 0 Å². The van der Waals surface area contributed by atoms with Gasteiger partial charge in [0.05, 0.1) is 19.4 Å². The van der Waals surface area contributed by atoms with E-state index in [1.807, 2.05) is 0 Å². The van der Waals surface area contributed by atoms with Crippen LogP contribution in [0.15, 0.2) is 16.7 Å². The minimum Gasteiger partial charge on any atom is -0.469 e. The third-order valence-corrected chi connectivity index (χ3v) is 4.65. The summed E-state index contributed by atoms with van der Waals surface area (Å²) in [6, 6.07) is 2.40. The van der Waals surface area contributed by atoms with Gasteiger partial charge in [0.25, 0.3) is 0 Å². The summed E-state index contributed by atoms with van der Waals surface area (Å²) in [6.45, 7) is 7.45. The monoisotopic (exact) mass is 302 g/mol. The highest BCUT2D eigenvalue weighted by Crippen LogP contribution is 2.41. The van der Waals surface area contributed by atoms with Gasteiger partial charge in [-0.15, -0.1) is 10.2 Å². The van der Waals surface area contributed by atoms with Crippen LogP contribution in [-0.2, 0) is 30.9 Å². The van der Waals surface area contributed by atoms with Gasteiger partial charge >= 0.3 is 0 Å². The number of nitrogens with one attached hydrogen (secondary N) is 1.